The van der Waals surface area contributed by atoms with E-state index in [4.69, 9.17) is 0 Å². The summed E-state index contributed by atoms with van der Waals surface area (Å²) in [4.78, 5) is 27.5. The Kier molecular flexibility index (Phi) is 7.94. The van der Waals surface area contributed by atoms with E-state index in [2.05, 4.69) is 5.32 Å². The zero-order valence-corrected chi connectivity index (χ0v) is 18.0. The van der Waals surface area contributed by atoms with Gasteiger partial charge in [-0.25, -0.2) is 4.39 Å². The fourth-order valence-corrected chi connectivity index (χ4v) is 3.09. The molecule has 1 N–H and O–H groups in total. The number of nitrogens with zero attached hydrogens (tertiary/aromatic N) is 1. The number of halogens is 1. The third-order valence-corrected chi connectivity index (χ3v) is 5.28. The minimum atomic E-state index is -0.633. The summed E-state index contributed by atoms with van der Waals surface area (Å²) in [6.07, 6.45) is 1.03. The number of carbonyl (C=O) groups excluding carboxylic acids is 2. The lowest BCUT2D eigenvalue weighted by molar-refractivity contribution is -0.140. The number of hydrogen-bond acceptors (Lipinski definition) is 2. The highest BCUT2D eigenvalue weighted by Crippen LogP contribution is 2.16. The molecule has 0 unspecified atom stereocenters. The molecule has 0 aromatic heterocycles. The molecule has 156 valence electrons. The molecule has 0 aliphatic heterocycles. The normalized spacial score (nSPS) is 12.9. The van der Waals surface area contributed by atoms with E-state index >= 15 is 0 Å². The molecule has 2 aromatic rings. The van der Waals surface area contributed by atoms with Gasteiger partial charge in [-0.05, 0) is 62.9 Å². The number of carbonyl (C=O) groups is 2. The maximum atomic E-state index is 13.3. The standard InChI is InChI=1S/C24H31FN2O2/c1-6-18(4)26-24(29)19(5)27(15-20-9-11-22(25)12-10-20)23(28)14-21-13-16(2)7-8-17(21)3/h7-13,18-19H,6,14-15H2,1-5H3,(H,26,29)/t18-,19+/m1/s1. The van der Waals surface area contributed by atoms with E-state index in [1.807, 2.05) is 45.9 Å². The molecular weight excluding hydrogens is 367 g/mol. The van der Waals surface area contributed by atoms with Crippen molar-refractivity contribution in [3.8, 4) is 0 Å². The fraction of sp³-hybridized carbons (Fsp3) is 0.417. The molecule has 2 rings (SSSR count). The molecular formula is C24H31FN2O2. The summed E-state index contributed by atoms with van der Waals surface area (Å²) < 4.78 is 13.3. The largest absolute Gasteiger partial charge is 0.352 e. The van der Waals surface area contributed by atoms with Crippen molar-refractivity contribution in [2.24, 2.45) is 0 Å². The minimum absolute atomic E-state index is 0.0340. The lowest BCUT2D eigenvalue weighted by atomic mass is 10.0. The van der Waals surface area contributed by atoms with Crippen LogP contribution in [-0.2, 0) is 22.6 Å². The quantitative estimate of drug-likeness (QED) is 0.720. The predicted molar refractivity (Wildman–Crippen MR) is 114 cm³/mol. The summed E-state index contributed by atoms with van der Waals surface area (Å²) >= 11 is 0. The molecule has 0 saturated heterocycles. The first kappa shape index (κ1) is 22.6. The van der Waals surface area contributed by atoms with Crippen LogP contribution < -0.4 is 5.32 Å². The first-order valence-corrected chi connectivity index (χ1v) is 10.1. The van der Waals surface area contributed by atoms with Crippen LogP contribution in [0, 0.1) is 19.7 Å². The Balaban J connectivity index is 2.26. The predicted octanol–water partition coefficient (Wildman–Crippen LogP) is 4.32. The van der Waals surface area contributed by atoms with E-state index in [1.165, 1.54) is 12.1 Å². The van der Waals surface area contributed by atoms with Gasteiger partial charge in [-0.2, -0.15) is 0 Å². The first-order valence-electron chi connectivity index (χ1n) is 10.1. The summed E-state index contributed by atoms with van der Waals surface area (Å²) in [5.41, 5.74) is 3.87. The first-order chi connectivity index (χ1) is 13.7. The van der Waals surface area contributed by atoms with Gasteiger partial charge in [0.15, 0.2) is 0 Å². The topological polar surface area (TPSA) is 49.4 Å². The van der Waals surface area contributed by atoms with Crippen molar-refractivity contribution in [3.63, 3.8) is 0 Å². The van der Waals surface area contributed by atoms with Crippen molar-refractivity contribution >= 4 is 11.8 Å². The highest BCUT2D eigenvalue weighted by atomic mass is 19.1. The van der Waals surface area contributed by atoms with Crippen LogP contribution in [0.2, 0.25) is 0 Å². The summed E-state index contributed by atoms with van der Waals surface area (Å²) in [5.74, 6) is -0.643. The van der Waals surface area contributed by atoms with Crippen molar-refractivity contribution in [1.82, 2.24) is 10.2 Å². The van der Waals surface area contributed by atoms with Crippen LogP contribution in [0.4, 0.5) is 4.39 Å². The second kappa shape index (κ2) is 10.2. The van der Waals surface area contributed by atoms with Gasteiger partial charge in [0.05, 0.1) is 6.42 Å². The van der Waals surface area contributed by atoms with Crippen molar-refractivity contribution in [2.75, 3.05) is 0 Å². The summed E-state index contributed by atoms with van der Waals surface area (Å²) in [5, 5.41) is 2.95. The smallest absolute Gasteiger partial charge is 0.242 e. The average Bonchev–Trinajstić information content (AvgIpc) is 2.69. The van der Waals surface area contributed by atoms with Crippen molar-refractivity contribution < 1.29 is 14.0 Å². The van der Waals surface area contributed by atoms with E-state index in [0.29, 0.717) is 0 Å². The van der Waals surface area contributed by atoms with Crippen LogP contribution in [0.15, 0.2) is 42.5 Å². The SMILES string of the molecule is CC[C@@H](C)NC(=O)[C@H](C)N(Cc1ccc(F)cc1)C(=O)Cc1cc(C)ccc1C. The van der Waals surface area contributed by atoms with Crippen molar-refractivity contribution in [2.45, 2.75) is 66.1 Å². The van der Waals surface area contributed by atoms with Crippen LogP contribution in [-0.4, -0.2) is 28.8 Å². The van der Waals surface area contributed by atoms with E-state index < -0.39 is 6.04 Å². The Morgan fingerprint density at radius 2 is 1.72 bits per heavy atom. The molecule has 29 heavy (non-hydrogen) atoms. The molecule has 0 aliphatic rings. The number of amides is 2. The zero-order chi connectivity index (χ0) is 21.6. The number of nitrogens with one attached hydrogen (secondary N) is 1. The molecule has 0 saturated carbocycles. The number of aryl methyl sites for hydroxylation is 2. The van der Waals surface area contributed by atoms with Crippen LogP contribution in [0.1, 0.15) is 49.4 Å². The average molecular weight is 399 g/mol. The summed E-state index contributed by atoms with van der Waals surface area (Å²) in [6, 6.07) is 11.5. The van der Waals surface area contributed by atoms with Crippen molar-refractivity contribution in [3.05, 3.63) is 70.5 Å². The van der Waals surface area contributed by atoms with Crippen LogP contribution in [0.3, 0.4) is 0 Å². The van der Waals surface area contributed by atoms with E-state index in [1.54, 1.807) is 24.0 Å². The molecule has 0 bridgehead atoms. The van der Waals surface area contributed by atoms with E-state index in [9.17, 15) is 14.0 Å². The molecule has 2 amide bonds. The van der Waals surface area contributed by atoms with Gasteiger partial charge in [0, 0.05) is 12.6 Å². The van der Waals surface area contributed by atoms with Gasteiger partial charge in [0.1, 0.15) is 11.9 Å². The lowest BCUT2D eigenvalue weighted by Crippen LogP contribution is -2.49. The molecule has 0 radical (unpaired) electrons. The Bertz CT molecular complexity index is 848. The molecule has 5 heteroatoms. The highest BCUT2D eigenvalue weighted by Gasteiger charge is 2.27. The highest BCUT2D eigenvalue weighted by molar-refractivity contribution is 5.88. The van der Waals surface area contributed by atoms with Gasteiger partial charge < -0.3 is 10.2 Å². The van der Waals surface area contributed by atoms with Gasteiger partial charge in [-0.1, -0.05) is 42.8 Å². The maximum absolute atomic E-state index is 13.3. The molecule has 4 nitrogen and oxygen atoms in total. The minimum Gasteiger partial charge on any atom is -0.352 e. The van der Waals surface area contributed by atoms with Gasteiger partial charge in [-0.15, -0.1) is 0 Å². The summed E-state index contributed by atoms with van der Waals surface area (Å²) in [7, 11) is 0. The Morgan fingerprint density at radius 1 is 1.07 bits per heavy atom. The molecule has 0 heterocycles. The monoisotopic (exact) mass is 398 g/mol. The van der Waals surface area contributed by atoms with Crippen LogP contribution in [0.25, 0.3) is 0 Å². The third kappa shape index (κ3) is 6.41. The van der Waals surface area contributed by atoms with E-state index in [-0.39, 0.29) is 36.6 Å². The molecule has 0 fully saturated rings. The van der Waals surface area contributed by atoms with Gasteiger partial charge in [0.2, 0.25) is 11.8 Å². The number of benzene rings is 2. The zero-order valence-electron chi connectivity index (χ0n) is 18.0. The molecule has 0 spiro atoms. The Hall–Kier alpha value is -2.69. The number of rotatable bonds is 8. The number of hydrogen-bond donors (Lipinski definition) is 1. The van der Waals surface area contributed by atoms with Gasteiger partial charge in [0.25, 0.3) is 0 Å². The van der Waals surface area contributed by atoms with E-state index in [0.717, 1.165) is 28.7 Å². The van der Waals surface area contributed by atoms with Crippen LogP contribution >= 0.6 is 0 Å². The van der Waals surface area contributed by atoms with Gasteiger partial charge >= 0.3 is 0 Å². The fourth-order valence-electron chi connectivity index (χ4n) is 3.09. The van der Waals surface area contributed by atoms with Gasteiger partial charge in [-0.3, -0.25) is 9.59 Å². The molecule has 0 aliphatic carbocycles. The van der Waals surface area contributed by atoms with Crippen molar-refractivity contribution in [1.29, 1.82) is 0 Å². The summed E-state index contributed by atoms with van der Waals surface area (Å²) in [6.45, 7) is 9.89. The second-order valence-corrected chi connectivity index (χ2v) is 7.75. The van der Waals surface area contributed by atoms with Crippen LogP contribution in [0.5, 0.6) is 0 Å². The lowest BCUT2D eigenvalue weighted by Gasteiger charge is -2.30. The Morgan fingerprint density at radius 3 is 2.34 bits per heavy atom. The third-order valence-electron chi connectivity index (χ3n) is 5.28. The second-order valence-electron chi connectivity index (χ2n) is 7.75. The molecule has 2 atom stereocenters. The Labute approximate surface area is 173 Å². The maximum Gasteiger partial charge on any atom is 0.242 e. The molecule has 2 aromatic carbocycles.